The molecule has 0 unspecified atom stereocenters. The fourth-order valence-corrected chi connectivity index (χ4v) is 3.92. The maximum absolute atomic E-state index is 12.7. The Hall–Kier alpha value is -2.27. The number of hydrogen-bond donors (Lipinski definition) is 1. The third-order valence-electron chi connectivity index (χ3n) is 3.07. The third kappa shape index (κ3) is 3.74. The number of nitrogens with zero attached hydrogens (tertiary/aromatic N) is 3. The normalized spacial score (nSPS) is 11.6. The molecule has 0 atom stereocenters. The first-order chi connectivity index (χ1) is 10.7. The fourth-order valence-electron chi connectivity index (χ4n) is 2.14. The van der Waals surface area contributed by atoms with Crippen LogP contribution in [0.15, 0.2) is 17.0 Å². The zero-order valence-corrected chi connectivity index (χ0v) is 13.6. The van der Waals surface area contributed by atoms with Gasteiger partial charge in [-0.15, -0.1) is 0 Å². The van der Waals surface area contributed by atoms with Crippen LogP contribution in [0.3, 0.4) is 0 Å². The molecule has 0 aliphatic carbocycles. The lowest BCUT2D eigenvalue weighted by Crippen LogP contribution is -2.33. The van der Waals surface area contributed by atoms with E-state index in [9.17, 15) is 28.6 Å². The van der Waals surface area contributed by atoms with Crippen LogP contribution in [0.2, 0.25) is 0 Å². The molecule has 128 valence electrons. The summed E-state index contributed by atoms with van der Waals surface area (Å²) in [4.78, 5) is 19.5. The van der Waals surface area contributed by atoms with E-state index in [-0.39, 0.29) is 13.1 Å². The minimum absolute atomic E-state index is 0.158. The summed E-state index contributed by atoms with van der Waals surface area (Å²) in [5, 5.41) is 22.3. The molecule has 1 aromatic carbocycles. The second-order valence-corrected chi connectivity index (χ2v) is 6.67. The van der Waals surface area contributed by atoms with Gasteiger partial charge in [0.15, 0.2) is 4.90 Å². The molecule has 1 aromatic rings. The Labute approximate surface area is 133 Å². The van der Waals surface area contributed by atoms with Crippen LogP contribution < -0.4 is 5.73 Å². The fraction of sp³-hybridized carbons (Fsp3) is 0.500. The Bertz CT molecular complexity index is 713. The van der Waals surface area contributed by atoms with Crippen molar-refractivity contribution in [2.24, 2.45) is 0 Å². The first-order valence-corrected chi connectivity index (χ1v) is 8.33. The Balaban J connectivity index is 3.67. The average molecular weight is 346 g/mol. The van der Waals surface area contributed by atoms with Crippen molar-refractivity contribution >= 4 is 27.1 Å². The topological polar surface area (TPSA) is 150 Å². The Morgan fingerprint density at radius 3 is 1.91 bits per heavy atom. The Morgan fingerprint density at radius 2 is 1.52 bits per heavy atom. The van der Waals surface area contributed by atoms with Gasteiger partial charge in [-0.25, -0.2) is 8.42 Å². The first kappa shape index (κ1) is 18.8. The summed E-state index contributed by atoms with van der Waals surface area (Å²) in [7, 11) is -4.24. The van der Waals surface area contributed by atoms with Crippen molar-refractivity contribution in [1.29, 1.82) is 0 Å². The number of benzene rings is 1. The predicted octanol–water partition coefficient (Wildman–Crippen LogP) is 1.90. The molecule has 0 saturated heterocycles. The van der Waals surface area contributed by atoms with Crippen LogP contribution in [0.25, 0.3) is 0 Å². The summed E-state index contributed by atoms with van der Waals surface area (Å²) < 4.78 is 26.4. The van der Waals surface area contributed by atoms with Gasteiger partial charge in [-0.3, -0.25) is 20.2 Å². The standard InChI is InChI=1S/C12H18N4O6S/c1-3-7-14(8-4-2)23(21,22)10-6-5-9(13)11(15(17)18)12(10)16(19)20/h5-6H,3-4,7-8,13H2,1-2H3. The lowest BCUT2D eigenvalue weighted by Gasteiger charge is -2.20. The zero-order chi connectivity index (χ0) is 17.8. The lowest BCUT2D eigenvalue weighted by atomic mass is 10.2. The molecule has 10 nitrogen and oxygen atoms in total. The molecule has 23 heavy (non-hydrogen) atoms. The van der Waals surface area contributed by atoms with Gasteiger partial charge in [-0.2, -0.15) is 4.31 Å². The largest absolute Gasteiger partial charge is 0.393 e. The highest BCUT2D eigenvalue weighted by Gasteiger charge is 2.39. The molecule has 0 heterocycles. The van der Waals surface area contributed by atoms with E-state index in [0.29, 0.717) is 12.8 Å². The van der Waals surface area contributed by atoms with Crippen molar-refractivity contribution in [1.82, 2.24) is 4.31 Å². The van der Waals surface area contributed by atoms with Gasteiger partial charge in [0, 0.05) is 13.1 Å². The maximum atomic E-state index is 12.7. The number of nitrogens with two attached hydrogens (primary N) is 1. The van der Waals surface area contributed by atoms with E-state index < -0.39 is 41.8 Å². The Kier molecular flexibility index (Phi) is 5.98. The van der Waals surface area contributed by atoms with Gasteiger partial charge >= 0.3 is 11.4 Å². The summed E-state index contributed by atoms with van der Waals surface area (Å²) >= 11 is 0. The molecule has 0 bridgehead atoms. The second-order valence-electron chi connectivity index (χ2n) is 4.77. The van der Waals surface area contributed by atoms with E-state index in [4.69, 9.17) is 5.73 Å². The highest BCUT2D eigenvalue weighted by atomic mass is 32.2. The van der Waals surface area contributed by atoms with Crippen molar-refractivity contribution < 1.29 is 18.3 Å². The van der Waals surface area contributed by atoms with Gasteiger partial charge in [-0.1, -0.05) is 13.8 Å². The maximum Gasteiger partial charge on any atom is 0.370 e. The monoisotopic (exact) mass is 346 g/mol. The number of anilines is 1. The van der Waals surface area contributed by atoms with E-state index in [1.54, 1.807) is 13.8 Å². The molecular formula is C12H18N4O6S. The summed E-state index contributed by atoms with van der Waals surface area (Å²) in [6.45, 7) is 3.84. The third-order valence-corrected chi connectivity index (χ3v) is 5.00. The van der Waals surface area contributed by atoms with Gasteiger partial charge in [0.2, 0.25) is 10.0 Å². The number of sulfonamides is 1. The highest BCUT2D eigenvalue weighted by molar-refractivity contribution is 7.89. The van der Waals surface area contributed by atoms with Crippen LogP contribution in [0.4, 0.5) is 17.1 Å². The molecule has 0 fully saturated rings. The van der Waals surface area contributed by atoms with Crippen molar-refractivity contribution in [2.45, 2.75) is 31.6 Å². The lowest BCUT2D eigenvalue weighted by molar-refractivity contribution is -0.423. The number of hydrogen-bond acceptors (Lipinski definition) is 7. The molecule has 0 aliphatic rings. The summed E-state index contributed by atoms with van der Waals surface area (Å²) in [6, 6.07) is 1.93. The van der Waals surface area contributed by atoms with Gasteiger partial charge in [0.05, 0.1) is 9.85 Å². The van der Waals surface area contributed by atoms with Gasteiger partial charge in [-0.05, 0) is 25.0 Å². The average Bonchev–Trinajstić information content (AvgIpc) is 2.45. The predicted molar refractivity (Wildman–Crippen MR) is 83.5 cm³/mol. The van der Waals surface area contributed by atoms with E-state index in [0.717, 1.165) is 16.4 Å². The minimum Gasteiger partial charge on any atom is -0.393 e. The molecule has 2 N–H and O–H groups in total. The molecular weight excluding hydrogens is 328 g/mol. The van der Waals surface area contributed by atoms with Gasteiger partial charge < -0.3 is 5.73 Å². The molecule has 11 heteroatoms. The van der Waals surface area contributed by atoms with Crippen LogP contribution in [0.5, 0.6) is 0 Å². The van der Waals surface area contributed by atoms with Crippen molar-refractivity contribution in [2.75, 3.05) is 18.8 Å². The van der Waals surface area contributed by atoms with Crippen molar-refractivity contribution in [3.63, 3.8) is 0 Å². The summed E-state index contributed by atoms with van der Waals surface area (Å²) in [6.07, 6.45) is 1.01. The number of nitro benzene ring substituents is 2. The SMILES string of the molecule is CCCN(CCC)S(=O)(=O)c1ccc(N)c([N+](=O)[O-])c1[N+](=O)[O-]. The first-order valence-electron chi connectivity index (χ1n) is 6.89. The van der Waals surface area contributed by atoms with E-state index in [2.05, 4.69) is 0 Å². The van der Waals surface area contributed by atoms with E-state index in [1.807, 2.05) is 0 Å². The smallest absolute Gasteiger partial charge is 0.370 e. The minimum atomic E-state index is -4.24. The molecule has 1 rings (SSSR count). The molecule has 0 radical (unpaired) electrons. The number of nitrogen functional groups attached to an aromatic ring is 1. The van der Waals surface area contributed by atoms with E-state index >= 15 is 0 Å². The van der Waals surface area contributed by atoms with Crippen LogP contribution in [-0.4, -0.2) is 35.7 Å². The van der Waals surface area contributed by atoms with E-state index in [1.165, 1.54) is 0 Å². The molecule has 0 aliphatic heterocycles. The zero-order valence-electron chi connectivity index (χ0n) is 12.8. The molecule has 0 spiro atoms. The van der Waals surface area contributed by atoms with Gasteiger partial charge in [0.25, 0.3) is 0 Å². The number of rotatable bonds is 8. The van der Waals surface area contributed by atoms with Crippen molar-refractivity contribution in [3.8, 4) is 0 Å². The van der Waals surface area contributed by atoms with Crippen LogP contribution in [0.1, 0.15) is 26.7 Å². The molecule has 0 aromatic heterocycles. The molecule has 0 saturated carbocycles. The quantitative estimate of drug-likeness (QED) is 0.429. The number of nitro groups is 2. The van der Waals surface area contributed by atoms with Crippen LogP contribution in [0, 0.1) is 20.2 Å². The van der Waals surface area contributed by atoms with Crippen LogP contribution in [-0.2, 0) is 10.0 Å². The second kappa shape index (κ2) is 7.33. The molecule has 0 amide bonds. The van der Waals surface area contributed by atoms with Crippen molar-refractivity contribution in [3.05, 3.63) is 32.4 Å². The Morgan fingerprint density at radius 1 is 1.04 bits per heavy atom. The highest BCUT2D eigenvalue weighted by Crippen LogP contribution is 2.39. The van der Waals surface area contributed by atoms with Gasteiger partial charge in [0.1, 0.15) is 5.69 Å². The summed E-state index contributed by atoms with van der Waals surface area (Å²) in [5.41, 5.74) is 2.84. The van der Waals surface area contributed by atoms with Crippen LogP contribution >= 0.6 is 0 Å². The summed E-state index contributed by atoms with van der Waals surface area (Å²) in [5.74, 6) is 0.